The third kappa shape index (κ3) is 3.84. The number of hydrogen-bond acceptors (Lipinski definition) is 5. The maximum Gasteiger partial charge on any atom is 0.273 e. The molecule has 2 amide bonds. The van der Waals surface area contributed by atoms with Gasteiger partial charge in [-0.05, 0) is 35.0 Å². The summed E-state index contributed by atoms with van der Waals surface area (Å²) in [5.74, 6) is -0.776. The first-order chi connectivity index (χ1) is 13.0. The van der Waals surface area contributed by atoms with E-state index in [1.807, 2.05) is 24.3 Å². The summed E-state index contributed by atoms with van der Waals surface area (Å²) in [6.45, 7) is 0. The van der Waals surface area contributed by atoms with Crippen molar-refractivity contribution in [2.45, 2.75) is 0 Å². The molecule has 0 spiro atoms. The van der Waals surface area contributed by atoms with Crippen molar-refractivity contribution in [3.8, 4) is 5.75 Å². The molecule has 0 saturated carbocycles. The maximum atomic E-state index is 12.5. The van der Waals surface area contributed by atoms with E-state index in [1.54, 1.807) is 12.1 Å². The van der Waals surface area contributed by atoms with Crippen LogP contribution in [0.4, 0.5) is 5.69 Å². The first-order valence-corrected chi connectivity index (χ1v) is 7.91. The van der Waals surface area contributed by atoms with Crippen molar-refractivity contribution in [2.75, 3.05) is 7.11 Å². The van der Waals surface area contributed by atoms with Gasteiger partial charge in [0, 0.05) is 17.7 Å². The number of fused-ring (bicyclic) bond motifs is 1. The molecule has 0 bridgehead atoms. The summed E-state index contributed by atoms with van der Waals surface area (Å²) in [6, 6.07) is 15.9. The Kier molecular flexibility index (Phi) is 4.98. The van der Waals surface area contributed by atoms with Crippen molar-refractivity contribution < 1.29 is 19.2 Å². The van der Waals surface area contributed by atoms with E-state index in [4.69, 9.17) is 4.74 Å². The van der Waals surface area contributed by atoms with Gasteiger partial charge in [0.15, 0.2) is 0 Å². The first kappa shape index (κ1) is 17.9. The number of ether oxygens (including phenoxy) is 1. The van der Waals surface area contributed by atoms with E-state index in [0.29, 0.717) is 5.75 Å². The monoisotopic (exact) mass is 365 g/mol. The number of carbonyl (C=O) groups is 2. The van der Waals surface area contributed by atoms with Crippen molar-refractivity contribution in [3.63, 3.8) is 0 Å². The standard InChI is InChI=1S/C19H15N3O5/c1-27-17-11-14-5-3-2-4-13(14)10-16(17)19(24)21-20-18(23)12-6-8-15(9-7-12)22(25)26/h2-11H,1H3,(H,20,23)(H,21,24). The quantitative estimate of drug-likeness (QED) is 0.546. The number of nitro benzene ring substituents is 1. The van der Waals surface area contributed by atoms with Crippen LogP contribution in [-0.2, 0) is 0 Å². The van der Waals surface area contributed by atoms with Crippen LogP contribution >= 0.6 is 0 Å². The molecule has 0 unspecified atom stereocenters. The molecule has 27 heavy (non-hydrogen) atoms. The molecule has 3 aromatic carbocycles. The molecule has 8 heteroatoms. The summed E-state index contributed by atoms with van der Waals surface area (Å²) in [7, 11) is 1.45. The Morgan fingerprint density at radius 1 is 0.926 bits per heavy atom. The SMILES string of the molecule is COc1cc2ccccc2cc1C(=O)NNC(=O)c1ccc([N+](=O)[O-])cc1. The number of rotatable bonds is 4. The van der Waals surface area contributed by atoms with E-state index in [0.717, 1.165) is 10.8 Å². The number of hydrogen-bond donors (Lipinski definition) is 2. The smallest absolute Gasteiger partial charge is 0.273 e. The van der Waals surface area contributed by atoms with E-state index >= 15 is 0 Å². The minimum atomic E-state index is -0.599. The van der Waals surface area contributed by atoms with Crippen molar-refractivity contribution >= 4 is 28.3 Å². The summed E-state index contributed by atoms with van der Waals surface area (Å²) in [5, 5.41) is 12.4. The van der Waals surface area contributed by atoms with E-state index in [-0.39, 0.29) is 16.8 Å². The van der Waals surface area contributed by atoms with E-state index in [1.165, 1.54) is 31.4 Å². The number of hydrazine groups is 1. The first-order valence-electron chi connectivity index (χ1n) is 7.91. The van der Waals surface area contributed by atoms with Crippen molar-refractivity contribution in [3.05, 3.63) is 81.9 Å². The van der Waals surface area contributed by atoms with Gasteiger partial charge >= 0.3 is 0 Å². The van der Waals surface area contributed by atoms with Gasteiger partial charge in [-0.15, -0.1) is 0 Å². The summed E-state index contributed by atoms with van der Waals surface area (Å²) in [4.78, 5) is 34.6. The maximum absolute atomic E-state index is 12.5. The lowest BCUT2D eigenvalue weighted by Gasteiger charge is -2.12. The molecule has 0 atom stereocenters. The Morgan fingerprint density at radius 2 is 1.52 bits per heavy atom. The lowest BCUT2D eigenvalue weighted by molar-refractivity contribution is -0.384. The molecule has 0 aliphatic rings. The van der Waals surface area contributed by atoms with E-state index in [2.05, 4.69) is 10.9 Å². The van der Waals surface area contributed by atoms with Crippen LogP contribution in [0.15, 0.2) is 60.7 Å². The highest BCUT2D eigenvalue weighted by Gasteiger charge is 2.15. The largest absolute Gasteiger partial charge is 0.496 e. The highest BCUT2D eigenvalue weighted by molar-refractivity contribution is 6.03. The zero-order valence-electron chi connectivity index (χ0n) is 14.3. The minimum absolute atomic E-state index is 0.128. The number of methoxy groups -OCH3 is 1. The lowest BCUT2D eigenvalue weighted by atomic mass is 10.1. The average Bonchev–Trinajstić information content (AvgIpc) is 2.70. The lowest BCUT2D eigenvalue weighted by Crippen LogP contribution is -2.41. The summed E-state index contributed by atoms with van der Waals surface area (Å²) in [6.07, 6.45) is 0. The Bertz CT molecular complexity index is 1030. The molecule has 136 valence electrons. The van der Waals surface area contributed by atoms with Crippen LogP contribution in [0.5, 0.6) is 5.75 Å². The Hall–Kier alpha value is -3.94. The highest BCUT2D eigenvalue weighted by atomic mass is 16.6. The topological polar surface area (TPSA) is 111 Å². The van der Waals surface area contributed by atoms with Crippen LogP contribution in [0.2, 0.25) is 0 Å². The molecule has 0 aliphatic carbocycles. The fraction of sp³-hybridized carbons (Fsp3) is 0.0526. The summed E-state index contributed by atoms with van der Waals surface area (Å²) >= 11 is 0. The van der Waals surface area contributed by atoms with E-state index in [9.17, 15) is 19.7 Å². The molecule has 8 nitrogen and oxygen atoms in total. The molecule has 0 saturated heterocycles. The molecule has 0 radical (unpaired) electrons. The Morgan fingerprint density at radius 3 is 2.11 bits per heavy atom. The second-order valence-corrected chi connectivity index (χ2v) is 5.61. The second kappa shape index (κ2) is 7.52. The number of nitrogens with one attached hydrogen (secondary N) is 2. The third-order valence-electron chi connectivity index (χ3n) is 3.94. The van der Waals surface area contributed by atoms with Gasteiger partial charge in [0.25, 0.3) is 17.5 Å². The molecule has 0 aliphatic heterocycles. The van der Waals surface area contributed by atoms with Gasteiger partial charge in [0.1, 0.15) is 5.75 Å². The third-order valence-corrected chi connectivity index (χ3v) is 3.94. The van der Waals surface area contributed by atoms with Crippen LogP contribution in [0.25, 0.3) is 10.8 Å². The number of carbonyl (C=O) groups excluding carboxylic acids is 2. The average molecular weight is 365 g/mol. The number of amides is 2. The molecule has 0 fully saturated rings. The Labute approximate surface area is 153 Å². The number of nitrogens with zero attached hydrogens (tertiary/aromatic N) is 1. The van der Waals surface area contributed by atoms with Crippen LogP contribution in [0.1, 0.15) is 20.7 Å². The zero-order chi connectivity index (χ0) is 19.4. The zero-order valence-corrected chi connectivity index (χ0v) is 14.3. The second-order valence-electron chi connectivity index (χ2n) is 5.61. The molecular weight excluding hydrogens is 350 g/mol. The van der Waals surface area contributed by atoms with Gasteiger partial charge < -0.3 is 4.74 Å². The fourth-order valence-electron chi connectivity index (χ4n) is 2.55. The number of non-ortho nitro benzene ring substituents is 1. The van der Waals surface area contributed by atoms with Gasteiger partial charge in [-0.25, -0.2) is 0 Å². The molecular formula is C19H15N3O5. The molecule has 3 aromatic rings. The minimum Gasteiger partial charge on any atom is -0.496 e. The van der Waals surface area contributed by atoms with Crippen molar-refractivity contribution in [2.24, 2.45) is 0 Å². The number of benzene rings is 3. The van der Waals surface area contributed by atoms with Gasteiger partial charge in [-0.1, -0.05) is 24.3 Å². The van der Waals surface area contributed by atoms with Crippen molar-refractivity contribution in [1.82, 2.24) is 10.9 Å². The summed E-state index contributed by atoms with van der Waals surface area (Å²) in [5.41, 5.74) is 4.91. The normalized spacial score (nSPS) is 10.3. The van der Waals surface area contributed by atoms with Gasteiger partial charge in [-0.3, -0.25) is 30.6 Å². The Balaban J connectivity index is 1.74. The van der Waals surface area contributed by atoms with Crippen LogP contribution in [-0.4, -0.2) is 23.8 Å². The molecule has 0 aromatic heterocycles. The van der Waals surface area contributed by atoms with E-state index < -0.39 is 16.7 Å². The van der Waals surface area contributed by atoms with Crippen LogP contribution in [0.3, 0.4) is 0 Å². The molecule has 2 N–H and O–H groups in total. The number of nitro groups is 1. The van der Waals surface area contributed by atoms with Crippen LogP contribution in [0, 0.1) is 10.1 Å². The molecule has 0 heterocycles. The van der Waals surface area contributed by atoms with Crippen molar-refractivity contribution in [1.29, 1.82) is 0 Å². The van der Waals surface area contributed by atoms with Gasteiger partial charge in [0.05, 0.1) is 17.6 Å². The molecule has 3 rings (SSSR count). The predicted molar refractivity (Wildman–Crippen MR) is 98.5 cm³/mol. The summed E-state index contributed by atoms with van der Waals surface area (Å²) < 4.78 is 5.26. The van der Waals surface area contributed by atoms with Gasteiger partial charge in [-0.2, -0.15) is 0 Å². The fourth-order valence-corrected chi connectivity index (χ4v) is 2.55. The van der Waals surface area contributed by atoms with Gasteiger partial charge in [0.2, 0.25) is 0 Å². The van der Waals surface area contributed by atoms with Crippen LogP contribution < -0.4 is 15.6 Å². The highest BCUT2D eigenvalue weighted by Crippen LogP contribution is 2.25. The predicted octanol–water partition coefficient (Wildman–Crippen LogP) is 2.83.